The Morgan fingerprint density at radius 3 is 2.59 bits per heavy atom. The van der Waals surface area contributed by atoms with E-state index in [0.717, 1.165) is 0 Å². The second kappa shape index (κ2) is 5.59. The van der Waals surface area contributed by atoms with E-state index >= 15 is 0 Å². The Kier molecular flexibility index (Phi) is 4.40. The summed E-state index contributed by atoms with van der Waals surface area (Å²) in [4.78, 5) is 10.4. The number of para-hydroxylation sites is 1. The fourth-order valence-corrected chi connectivity index (χ4v) is 1.35. The van der Waals surface area contributed by atoms with Crippen LogP contribution in [0.4, 0.5) is 5.69 Å². The minimum absolute atomic E-state index is 0.0486. The summed E-state index contributed by atoms with van der Waals surface area (Å²) in [5.41, 5.74) is 0.820. The van der Waals surface area contributed by atoms with Crippen LogP contribution in [-0.2, 0) is 0 Å². The van der Waals surface area contributed by atoms with E-state index in [1.54, 1.807) is 24.3 Å². The van der Waals surface area contributed by atoms with E-state index < -0.39 is 0 Å². The summed E-state index contributed by atoms with van der Waals surface area (Å²) in [6.45, 7) is 6.92. The molecule has 0 amide bonds. The maximum atomic E-state index is 10.8. The molecule has 1 aromatic rings. The molecule has 0 atom stereocenters. The van der Waals surface area contributed by atoms with Gasteiger partial charge in [0.1, 0.15) is 0 Å². The van der Waals surface area contributed by atoms with E-state index in [1.807, 2.05) is 6.08 Å². The topological polar surface area (TPSA) is 55.2 Å². The van der Waals surface area contributed by atoms with Crippen molar-refractivity contribution in [3.8, 4) is 0 Å². The summed E-state index contributed by atoms with van der Waals surface area (Å²) in [5, 5.41) is 14.1. The van der Waals surface area contributed by atoms with Gasteiger partial charge in [-0.05, 0) is 26.8 Å². The first-order valence-corrected chi connectivity index (χ1v) is 5.55. The first-order chi connectivity index (χ1) is 7.90. The van der Waals surface area contributed by atoms with Crippen LogP contribution in [0.3, 0.4) is 0 Å². The number of nitrogens with one attached hydrogen (secondary N) is 1. The standard InChI is InChI=1S/C13H18N2O2/c1-13(2,3)14-10-6-8-11-7-4-5-9-12(11)15(16)17/h4-9,14H,10H2,1-3H3/b8-6+. The minimum Gasteiger partial charge on any atom is -0.309 e. The molecule has 92 valence electrons. The Morgan fingerprint density at radius 2 is 2.00 bits per heavy atom. The van der Waals surface area contributed by atoms with Gasteiger partial charge in [0.05, 0.1) is 10.5 Å². The molecule has 0 radical (unpaired) electrons. The second-order valence-corrected chi connectivity index (χ2v) is 4.85. The smallest absolute Gasteiger partial charge is 0.276 e. The van der Waals surface area contributed by atoms with Gasteiger partial charge in [-0.15, -0.1) is 0 Å². The molecule has 0 heterocycles. The minimum atomic E-state index is -0.364. The second-order valence-electron chi connectivity index (χ2n) is 4.85. The van der Waals surface area contributed by atoms with Crippen molar-refractivity contribution in [2.24, 2.45) is 0 Å². The van der Waals surface area contributed by atoms with Crippen molar-refractivity contribution in [2.75, 3.05) is 6.54 Å². The van der Waals surface area contributed by atoms with Gasteiger partial charge in [-0.2, -0.15) is 0 Å². The maximum absolute atomic E-state index is 10.8. The van der Waals surface area contributed by atoms with Crippen molar-refractivity contribution in [2.45, 2.75) is 26.3 Å². The van der Waals surface area contributed by atoms with E-state index in [9.17, 15) is 10.1 Å². The normalized spacial score (nSPS) is 11.9. The van der Waals surface area contributed by atoms with E-state index in [0.29, 0.717) is 12.1 Å². The molecular weight excluding hydrogens is 216 g/mol. The highest BCUT2D eigenvalue weighted by Gasteiger charge is 2.09. The van der Waals surface area contributed by atoms with Crippen molar-refractivity contribution in [3.63, 3.8) is 0 Å². The van der Waals surface area contributed by atoms with Gasteiger partial charge >= 0.3 is 0 Å². The third kappa shape index (κ3) is 4.78. The molecule has 0 saturated carbocycles. The third-order valence-corrected chi connectivity index (χ3v) is 2.18. The van der Waals surface area contributed by atoms with Crippen molar-refractivity contribution < 1.29 is 4.92 Å². The monoisotopic (exact) mass is 234 g/mol. The summed E-state index contributed by atoms with van der Waals surface area (Å²) in [5.74, 6) is 0. The van der Waals surface area contributed by atoms with Crippen LogP contribution in [0.15, 0.2) is 30.3 Å². The zero-order chi connectivity index (χ0) is 12.9. The Bertz CT molecular complexity index is 420. The van der Waals surface area contributed by atoms with Crippen LogP contribution in [0, 0.1) is 10.1 Å². The molecule has 1 aromatic carbocycles. The summed E-state index contributed by atoms with van der Waals surface area (Å²) in [7, 11) is 0. The van der Waals surface area contributed by atoms with Crippen LogP contribution >= 0.6 is 0 Å². The molecule has 17 heavy (non-hydrogen) atoms. The molecule has 1 rings (SSSR count). The van der Waals surface area contributed by atoms with Crippen LogP contribution in [0.2, 0.25) is 0 Å². The lowest BCUT2D eigenvalue weighted by Crippen LogP contribution is -2.35. The number of nitro benzene ring substituents is 1. The SMILES string of the molecule is CC(C)(C)NC/C=C/c1ccccc1[N+](=O)[O-]. The average molecular weight is 234 g/mol. The fourth-order valence-electron chi connectivity index (χ4n) is 1.35. The zero-order valence-corrected chi connectivity index (χ0v) is 10.4. The van der Waals surface area contributed by atoms with Gasteiger partial charge < -0.3 is 5.32 Å². The van der Waals surface area contributed by atoms with Crippen LogP contribution < -0.4 is 5.32 Å². The van der Waals surface area contributed by atoms with Crippen LogP contribution in [0.1, 0.15) is 26.3 Å². The Hall–Kier alpha value is -1.68. The van der Waals surface area contributed by atoms with Gasteiger partial charge in [-0.3, -0.25) is 10.1 Å². The number of nitrogens with zero attached hydrogens (tertiary/aromatic N) is 1. The van der Waals surface area contributed by atoms with Crippen LogP contribution in [-0.4, -0.2) is 17.0 Å². The number of benzene rings is 1. The Morgan fingerprint density at radius 1 is 1.35 bits per heavy atom. The van der Waals surface area contributed by atoms with E-state index in [1.165, 1.54) is 6.07 Å². The van der Waals surface area contributed by atoms with E-state index in [2.05, 4.69) is 26.1 Å². The van der Waals surface area contributed by atoms with Crippen molar-refractivity contribution in [3.05, 3.63) is 46.0 Å². The van der Waals surface area contributed by atoms with E-state index in [4.69, 9.17) is 0 Å². The van der Waals surface area contributed by atoms with Crippen LogP contribution in [0.25, 0.3) is 6.08 Å². The van der Waals surface area contributed by atoms with Gasteiger partial charge in [0.2, 0.25) is 0 Å². The Labute approximate surface area is 101 Å². The molecule has 0 aliphatic carbocycles. The average Bonchev–Trinajstić information content (AvgIpc) is 2.23. The van der Waals surface area contributed by atoms with Gasteiger partial charge in [-0.25, -0.2) is 0 Å². The number of hydrogen-bond donors (Lipinski definition) is 1. The number of rotatable bonds is 4. The molecule has 0 unspecified atom stereocenters. The maximum Gasteiger partial charge on any atom is 0.276 e. The molecule has 0 saturated heterocycles. The van der Waals surface area contributed by atoms with Gasteiger partial charge in [0.25, 0.3) is 5.69 Å². The molecule has 0 fully saturated rings. The van der Waals surface area contributed by atoms with Gasteiger partial charge in [0.15, 0.2) is 0 Å². The highest BCUT2D eigenvalue weighted by atomic mass is 16.6. The largest absolute Gasteiger partial charge is 0.309 e. The molecule has 0 spiro atoms. The quantitative estimate of drug-likeness (QED) is 0.643. The Balaban J connectivity index is 2.68. The van der Waals surface area contributed by atoms with Crippen LogP contribution in [0.5, 0.6) is 0 Å². The lowest BCUT2D eigenvalue weighted by atomic mass is 10.1. The number of hydrogen-bond acceptors (Lipinski definition) is 3. The molecule has 4 heteroatoms. The lowest BCUT2D eigenvalue weighted by molar-refractivity contribution is -0.385. The first kappa shape index (κ1) is 13.4. The van der Waals surface area contributed by atoms with Crippen molar-refractivity contribution in [1.82, 2.24) is 5.32 Å². The highest BCUT2D eigenvalue weighted by molar-refractivity contribution is 5.60. The summed E-state index contributed by atoms with van der Waals surface area (Å²) in [6.07, 6.45) is 3.67. The highest BCUT2D eigenvalue weighted by Crippen LogP contribution is 2.18. The summed E-state index contributed by atoms with van der Waals surface area (Å²) in [6, 6.07) is 6.72. The van der Waals surface area contributed by atoms with Crippen molar-refractivity contribution in [1.29, 1.82) is 0 Å². The summed E-state index contributed by atoms with van der Waals surface area (Å²) >= 11 is 0. The molecule has 0 bridgehead atoms. The molecule has 1 N–H and O–H groups in total. The fraction of sp³-hybridized carbons (Fsp3) is 0.385. The first-order valence-electron chi connectivity index (χ1n) is 5.55. The molecular formula is C13H18N2O2. The molecule has 0 aliphatic heterocycles. The zero-order valence-electron chi connectivity index (χ0n) is 10.4. The predicted molar refractivity (Wildman–Crippen MR) is 69.9 cm³/mol. The summed E-state index contributed by atoms with van der Waals surface area (Å²) < 4.78 is 0. The molecule has 0 aliphatic rings. The molecule has 0 aromatic heterocycles. The lowest BCUT2D eigenvalue weighted by Gasteiger charge is -2.18. The number of nitro groups is 1. The van der Waals surface area contributed by atoms with Gasteiger partial charge in [0, 0.05) is 18.2 Å². The van der Waals surface area contributed by atoms with Gasteiger partial charge in [-0.1, -0.05) is 24.3 Å². The van der Waals surface area contributed by atoms with E-state index in [-0.39, 0.29) is 16.1 Å². The van der Waals surface area contributed by atoms with Crippen molar-refractivity contribution >= 4 is 11.8 Å². The molecule has 4 nitrogen and oxygen atoms in total. The predicted octanol–water partition coefficient (Wildman–Crippen LogP) is 3.00. The third-order valence-electron chi connectivity index (χ3n) is 2.18.